The number of ether oxygens (including phenoxy) is 2. The molecule has 12 heteroatoms. The molecule has 1 fully saturated rings. The smallest absolute Gasteiger partial charge is 0.305 e. The van der Waals surface area contributed by atoms with Gasteiger partial charge in [0.1, 0.15) is 16.7 Å². The highest BCUT2D eigenvalue weighted by atomic mass is 35.5. The number of aromatic amines is 1. The minimum absolute atomic E-state index is 0.295. The van der Waals surface area contributed by atoms with Crippen molar-refractivity contribution in [2.45, 2.75) is 23.1 Å². The molecule has 6 rings (SSSR count). The van der Waals surface area contributed by atoms with Crippen molar-refractivity contribution in [2.24, 2.45) is 5.92 Å². The van der Waals surface area contributed by atoms with Crippen LogP contribution in [0.3, 0.4) is 0 Å². The van der Waals surface area contributed by atoms with Gasteiger partial charge in [0.2, 0.25) is 11.8 Å². The molecule has 3 unspecified atom stereocenters. The Labute approximate surface area is 253 Å². The van der Waals surface area contributed by atoms with Crippen molar-refractivity contribution in [1.29, 1.82) is 0 Å². The van der Waals surface area contributed by atoms with Gasteiger partial charge in [0.05, 0.1) is 23.7 Å². The van der Waals surface area contributed by atoms with Gasteiger partial charge in [-0.1, -0.05) is 52.4 Å². The Bertz CT molecular complexity index is 1750. The van der Waals surface area contributed by atoms with Crippen molar-refractivity contribution in [1.82, 2.24) is 4.98 Å². The molecule has 1 aromatic heterocycles. The second-order valence-corrected chi connectivity index (χ2v) is 12.4. The van der Waals surface area contributed by atoms with Crippen LogP contribution in [-0.4, -0.2) is 41.7 Å². The third-order valence-electron chi connectivity index (χ3n) is 7.16. The van der Waals surface area contributed by atoms with Gasteiger partial charge in [-0.3, -0.25) is 19.2 Å². The Morgan fingerprint density at radius 2 is 1.76 bits per heavy atom. The van der Waals surface area contributed by atoms with Crippen LogP contribution in [0, 0.1) is 12.8 Å². The van der Waals surface area contributed by atoms with Crippen molar-refractivity contribution < 1.29 is 23.9 Å². The normalized spacial score (nSPS) is 19.3. The van der Waals surface area contributed by atoms with Crippen LogP contribution in [0.15, 0.2) is 76.6 Å². The summed E-state index contributed by atoms with van der Waals surface area (Å²) in [4.78, 5) is 57.3. The fourth-order valence-corrected chi connectivity index (χ4v) is 7.90. The number of rotatable bonds is 7. The van der Waals surface area contributed by atoms with Gasteiger partial charge in [0.15, 0.2) is 6.61 Å². The number of benzene rings is 3. The fraction of sp³-hybridized carbons (Fsp3) is 0.200. The third-order valence-corrected chi connectivity index (χ3v) is 9.79. The second kappa shape index (κ2) is 11.3. The number of nitrogens with zero attached hydrogens (tertiary/aromatic N) is 1. The highest BCUT2D eigenvalue weighted by Gasteiger charge is 2.56. The maximum atomic E-state index is 14.0. The van der Waals surface area contributed by atoms with Crippen molar-refractivity contribution in [3.05, 3.63) is 97.4 Å². The number of carbonyl (C=O) groups excluding carboxylic acids is 3. The SMILES string of the molecule is COc1ccc(NC(=O)COc2ccc(Cl)cc2C2c3sc(=O)[nH]c3SC3C(=O)N(c4ccc(C)cc4)C(=O)C32)cc1. The van der Waals surface area contributed by atoms with Crippen molar-refractivity contribution in [3.63, 3.8) is 0 Å². The first-order chi connectivity index (χ1) is 20.2. The van der Waals surface area contributed by atoms with Crippen LogP contribution < -0.4 is 24.6 Å². The first-order valence-electron chi connectivity index (χ1n) is 12.9. The summed E-state index contributed by atoms with van der Waals surface area (Å²) >= 11 is 8.61. The molecule has 0 radical (unpaired) electrons. The Balaban J connectivity index is 1.34. The zero-order chi connectivity index (χ0) is 29.5. The predicted octanol–water partition coefficient (Wildman–Crippen LogP) is 5.22. The number of H-pyrrole nitrogens is 1. The molecule has 0 bridgehead atoms. The van der Waals surface area contributed by atoms with Crippen LogP contribution in [0.4, 0.5) is 11.4 Å². The van der Waals surface area contributed by atoms with Gasteiger partial charge in [-0.15, -0.1) is 0 Å². The number of hydrogen-bond acceptors (Lipinski definition) is 8. The number of imide groups is 1. The summed E-state index contributed by atoms with van der Waals surface area (Å²) in [5.41, 5.74) is 2.57. The molecule has 2 N–H and O–H groups in total. The number of hydrogen-bond donors (Lipinski definition) is 2. The second-order valence-electron chi connectivity index (χ2n) is 9.84. The number of amides is 3. The monoisotopic (exact) mass is 621 g/mol. The minimum Gasteiger partial charge on any atom is -0.497 e. The van der Waals surface area contributed by atoms with Gasteiger partial charge >= 0.3 is 4.87 Å². The summed E-state index contributed by atoms with van der Waals surface area (Å²) in [5, 5.41) is 2.92. The first-order valence-corrected chi connectivity index (χ1v) is 15.0. The summed E-state index contributed by atoms with van der Waals surface area (Å²) in [6, 6.07) is 19.0. The number of fused-ring (bicyclic) bond motifs is 2. The molecule has 2 aliphatic heterocycles. The highest BCUT2D eigenvalue weighted by Crippen LogP contribution is 2.54. The lowest BCUT2D eigenvalue weighted by atomic mass is 9.82. The zero-order valence-corrected chi connectivity index (χ0v) is 24.8. The van der Waals surface area contributed by atoms with Crippen LogP contribution in [0.2, 0.25) is 5.02 Å². The number of nitrogens with one attached hydrogen (secondary N) is 2. The van der Waals surface area contributed by atoms with Crippen LogP contribution >= 0.6 is 34.7 Å². The summed E-state index contributed by atoms with van der Waals surface area (Å²) in [7, 11) is 1.56. The average Bonchev–Trinajstić information content (AvgIpc) is 3.47. The topological polar surface area (TPSA) is 118 Å². The number of aromatic nitrogens is 1. The van der Waals surface area contributed by atoms with Crippen LogP contribution in [0.1, 0.15) is 21.9 Å². The number of anilines is 2. The molecule has 0 aliphatic carbocycles. The van der Waals surface area contributed by atoms with Gasteiger partial charge in [0, 0.05) is 27.1 Å². The third kappa shape index (κ3) is 5.19. The quantitative estimate of drug-likeness (QED) is 0.272. The van der Waals surface area contributed by atoms with Crippen LogP contribution in [0.5, 0.6) is 11.5 Å². The Morgan fingerprint density at radius 1 is 1.02 bits per heavy atom. The maximum Gasteiger partial charge on any atom is 0.305 e. The summed E-state index contributed by atoms with van der Waals surface area (Å²) in [5.74, 6) is -1.68. The lowest BCUT2D eigenvalue weighted by Gasteiger charge is -2.31. The average molecular weight is 622 g/mol. The van der Waals surface area contributed by atoms with Gasteiger partial charge in [-0.2, -0.15) is 0 Å². The standard InChI is InChI=1S/C30H24ClN3O6S2/c1-15-3-8-18(9-4-15)34-28(36)24-23(25-27(33-30(38)42-25)41-26(24)29(34)37)20-13-16(31)5-12-21(20)40-14-22(35)32-17-6-10-19(39-2)11-7-17/h3-13,23-24,26H,14H2,1-2H3,(H,32,35)(H,33,38). The van der Waals surface area contributed by atoms with E-state index in [0.29, 0.717) is 43.4 Å². The predicted molar refractivity (Wildman–Crippen MR) is 162 cm³/mol. The van der Waals surface area contributed by atoms with Gasteiger partial charge in [-0.25, -0.2) is 4.90 Å². The molecule has 1 saturated heterocycles. The first kappa shape index (κ1) is 28.1. The van der Waals surface area contributed by atoms with E-state index in [1.165, 1.54) is 16.7 Å². The number of aryl methyl sites for hydroxylation is 1. The van der Waals surface area contributed by atoms with Gasteiger partial charge in [-0.05, 0) is 61.5 Å². The maximum absolute atomic E-state index is 14.0. The molecule has 3 amide bonds. The van der Waals surface area contributed by atoms with Crippen LogP contribution in [0.25, 0.3) is 0 Å². The van der Waals surface area contributed by atoms with E-state index < -0.39 is 23.0 Å². The molecule has 3 atom stereocenters. The van der Waals surface area contributed by atoms with Crippen molar-refractivity contribution >= 4 is 63.8 Å². The van der Waals surface area contributed by atoms with E-state index in [2.05, 4.69) is 10.3 Å². The molecule has 0 saturated carbocycles. The molecular formula is C30H24ClN3O6S2. The lowest BCUT2D eigenvalue weighted by molar-refractivity contribution is -0.122. The van der Waals surface area contributed by atoms with Crippen LogP contribution in [-0.2, 0) is 14.4 Å². The minimum atomic E-state index is -0.823. The Kier molecular flexibility index (Phi) is 7.56. The zero-order valence-electron chi connectivity index (χ0n) is 22.4. The highest BCUT2D eigenvalue weighted by molar-refractivity contribution is 8.00. The number of thiazole rings is 1. The van der Waals surface area contributed by atoms with Gasteiger partial charge < -0.3 is 19.8 Å². The molecular weight excluding hydrogens is 598 g/mol. The molecule has 214 valence electrons. The lowest BCUT2D eigenvalue weighted by Crippen LogP contribution is -2.32. The number of carbonyl (C=O) groups is 3. The number of thioether (sulfide) groups is 1. The van der Waals surface area contributed by atoms with Crippen molar-refractivity contribution in [2.75, 3.05) is 23.9 Å². The Morgan fingerprint density at radius 3 is 2.48 bits per heavy atom. The number of methoxy groups -OCH3 is 1. The van der Waals surface area contributed by atoms with E-state index in [1.54, 1.807) is 61.7 Å². The number of halogens is 1. The molecule has 9 nitrogen and oxygen atoms in total. The van der Waals surface area contributed by atoms with E-state index in [0.717, 1.165) is 16.9 Å². The van der Waals surface area contributed by atoms with E-state index in [4.69, 9.17) is 21.1 Å². The summed E-state index contributed by atoms with van der Waals surface area (Å²) < 4.78 is 11.1. The molecule has 3 aromatic carbocycles. The summed E-state index contributed by atoms with van der Waals surface area (Å²) in [6.45, 7) is 1.60. The van der Waals surface area contributed by atoms with E-state index in [-0.39, 0.29) is 23.3 Å². The molecule has 4 aromatic rings. The summed E-state index contributed by atoms with van der Waals surface area (Å²) in [6.07, 6.45) is 0. The molecule has 0 spiro atoms. The molecule has 3 heterocycles. The fourth-order valence-electron chi connectivity index (χ4n) is 5.21. The largest absolute Gasteiger partial charge is 0.497 e. The van der Waals surface area contributed by atoms with Crippen molar-refractivity contribution in [3.8, 4) is 11.5 Å². The molecule has 2 aliphatic rings. The van der Waals surface area contributed by atoms with E-state index in [9.17, 15) is 19.2 Å². The van der Waals surface area contributed by atoms with E-state index in [1.807, 2.05) is 19.1 Å². The molecule has 42 heavy (non-hydrogen) atoms. The van der Waals surface area contributed by atoms with E-state index >= 15 is 0 Å². The Hall–Kier alpha value is -4.06. The van der Waals surface area contributed by atoms with Gasteiger partial charge in [0.25, 0.3) is 5.91 Å².